The number of anilines is 1. The van der Waals surface area contributed by atoms with Crippen LogP contribution in [-0.4, -0.2) is 21.5 Å². The van der Waals surface area contributed by atoms with Crippen molar-refractivity contribution in [3.63, 3.8) is 0 Å². The number of aryl methyl sites for hydroxylation is 4. The monoisotopic (exact) mass is 440 g/mol. The van der Waals surface area contributed by atoms with E-state index in [1.54, 1.807) is 48.1 Å². The van der Waals surface area contributed by atoms with Gasteiger partial charge in [0, 0.05) is 41.1 Å². The number of imide groups is 1. The van der Waals surface area contributed by atoms with E-state index in [-0.39, 0.29) is 5.56 Å². The van der Waals surface area contributed by atoms with Gasteiger partial charge in [0.2, 0.25) is 0 Å². The zero-order valence-corrected chi connectivity index (χ0v) is 18.9. The summed E-state index contributed by atoms with van der Waals surface area (Å²) in [7, 11) is 1.73. The Morgan fingerprint density at radius 3 is 2.48 bits per heavy atom. The smallest absolute Gasteiger partial charge is 0.311 e. The number of hydrogen-bond donors (Lipinski definition) is 2. The lowest BCUT2D eigenvalue weighted by molar-refractivity contribution is 0.0967. The van der Waals surface area contributed by atoms with Gasteiger partial charge in [-0.3, -0.25) is 19.9 Å². The van der Waals surface area contributed by atoms with Crippen LogP contribution in [0.1, 0.15) is 27.2 Å². The summed E-state index contributed by atoms with van der Waals surface area (Å²) in [5.74, 6) is -0.491. The van der Waals surface area contributed by atoms with Crippen molar-refractivity contribution >= 4 is 28.5 Å². The molecule has 2 aromatic heterocycles. The Labute approximate surface area is 191 Å². The average Bonchev–Trinajstić information content (AvgIpc) is 2.78. The number of pyridine rings is 2. The molecule has 0 atom stereocenters. The number of aromatic nitrogens is 2. The maximum atomic E-state index is 13.1. The maximum Gasteiger partial charge on any atom is 0.326 e. The molecular formula is C26H24N4O3. The number of carbonyl (C=O) groups excluding carboxylic acids is 2. The summed E-state index contributed by atoms with van der Waals surface area (Å²) in [6.45, 7) is 5.66. The Bertz CT molecular complexity index is 1470. The molecule has 0 bridgehead atoms. The Morgan fingerprint density at radius 1 is 0.939 bits per heavy atom. The van der Waals surface area contributed by atoms with Crippen molar-refractivity contribution in [2.45, 2.75) is 20.8 Å². The van der Waals surface area contributed by atoms with Crippen LogP contribution in [0.15, 0.2) is 65.6 Å². The lowest BCUT2D eigenvalue weighted by Gasteiger charge is -2.13. The van der Waals surface area contributed by atoms with E-state index in [4.69, 9.17) is 0 Å². The molecule has 2 heterocycles. The normalized spacial score (nSPS) is 10.8. The largest absolute Gasteiger partial charge is 0.326 e. The molecule has 166 valence electrons. The molecule has 2 N–H and O–H groups in total. The minimum atomic E-state index is -0.651. The highest BCUT2D eigenvalue weighted by Crippen LogP contribution is 2.27. The van der Waals surface area contributed by atoms with Crippen LogP contribution in [-0.2, 0) is 7.05 Å². The van der Waals surface area contributed by atoms with Crippen molar-refractivity contribution in [3.8, 4) is 11.1 Å². The first-order valence-corrected chi connectivity index (χ1v) is 10.5. The standard InChI is InChI=1S/C26H24N4O3/c1-15-6-5-7-18(10-15)24(31)29-26(33)28-20-9-8-16(2)21(13-20)22-12-19-14-27-17(3)11-23(19)30(4)25(22)32/h5-14H,1-4H3,(H2,28,29,31,33). The van der Waals surface area contributed by atoms with E-state index in [1.807, 2.05) is 45.0 Å². The van der Waals surface area contributed by atoms with Crippen molar-refractivity contribution in [3.05, 3.63) is 93.5 Å². The molecule has 7 heteroatoms. The fraction of sp³-hybridized carbons (Fsp3) is 0.154. The number of benzene rings is 2. The van der Waals surface area contributed by atoms with E-state index in [0.717, 1.165) is 27.7 Å². The zero-order chi connectivity index (χ0) is 23.7. The molecule has 0 saturated heterocycles. The molecular weight excluding hydrogens is 416 g/mol. The first-order chi connectivity index (χ1) is 15.7. The minimum Gasteiger partial charge on any atom is -0.311 e. The second-order valence-corrected chi connectivity index (χ2v) is 8.11. The highest BCUT2D eigenvalue weighted by atomic mass is 16.2. The number of carbonyl (C=O) groups is 2. The molecule has 7 nitrogen and oxygen atoms in total. The molecule has 4 aromatic rings. The fourth-order valence-electron chi connectivity index (χ4n) is 3.77. The van der Waals surface area contributed by atoms with Crippen LogP contribution < -0.4 is 16.2 Å². The molecule has 0 aliphatic heterocycles. The Balaban J connectivity index is 1.63. The van der Waals surface area contributed by atoms with Gasteiger partial charge in [-0.05, 0) is 68.3 Å². The third kappa shape index (κ3) is 4.52. The van der Waals surface area contributed by atoms with Gasteiger partial charge in [-0.15, -0.1) is 0 Å². The Kier molecular flexibility index (Phi) is 5.79. The summed E-state index contributed by atoms with van der Waals surface area (Å²) < 4.78 is 1.60. The molecule has 0 spiro atoms. The summed E-state index contributed by atoms with van der Waals surface area (Å²) in [5.41, 5.74) is 5.37. The van der Waals surface area contributed by atoms with Crippen LogP contribution in [0.3, 0.4) is 0 Å². The number of nitrogens with one attached hydrogen (secondary N) is 2. The van der Waals surface area contributed by atoms with Crippen LogP contribution >= 0.6 is 0 Å². The summed E-state index contributed by atoms with van der Waals surface area (Å²) in [4.78, 5) is 42.2. The maximum absolute atomic E-state index is 13.1. The van der Waals surface area contributed by atoms with Gasteiger partial charge in [0.1, 0.15) is 0 Å². The number of urea groups is 1. The van der Waals surface area contributed by atoms with Gasteiger partial charge < -0.3 is 9.88 Å². The van der Waals surface area contributed by atoms with Gasteiger partial charge in [0.15, 0.2) is 0 Å². The quantitative estimate of drug-likeness (QED) is 0.491. The van der Waals surface area contributed by atoms with Gasteiger partial charge in [0.25, 0.3) is 11.5 Å². The summed E-state index contributed by atoms with van der Waals surface area (Å²) in [6, 6.07) is 15.3. The Morgan fingerprint density at radius 2 is 1.73 bits per heavy atom. The summed E-state index contributed by atoms with van der Waals surface area (Å²) in [6.07, 6.45) is 1.75. The van der Waals surface area contributed by atoms with Gasteiger partial charge in [0.05, 0.1) is 5.52 Å². The molecule has 0 saturated carbocycles. The van der Waals surface area contributed by atoms with Crippen LogP contribution in [0.5, 0.6) is 0 Å². The van der Waals surface area contributed by atoms with Gasteiger partial charge in [-0.1, -0.05) is 23.8 Å². The van der Waals surface area contributed by atoms with Crippen LogP contribution in [0.25, 0.3) is 22.0 Å². The predicted octanol–water partition coefficient (Wildman–Crippen LogP) is 4.49. The molecule has 0 aliphatic carbocycles. The lowest BCUT2D eigenvalue weighted by atomic mass is 9.99. The number of nitrogens with zero attached hydrogens (tertiary/aromatic N) is 2. The number of hydrogen-bond acceptors (Lipinski definition) is 4. The van der Waals surface area contributed by atoms with Crippen molar-refractivity contribution < 1.29 is 9.59 Å². The van der Waals surface area contributed by atoms with Crippen molar-refractivity contribution in [2.24, 2.45) is 7.05 Å². The summed E-state index contributed by atoms with van der Waals surface area (Å²) in [5, 5.41) is 5.86. The van der Waals surface area contributed by atoms with E-state index in [2.05, 4.69) is 15.6 Å². The molecule has 33 heavy (non-hydrogen) atoms. The highest BCUT2D eigenvalue weighted by molar-refractivity contribution is 6.08. The van der Waals surface area contributed by atoms with Crippen molar-refractivity contribution in [2.75, 3.05) is 5.32 Å². The van der Waals surface area contributed by atoms with E-state index in [0.29, 0.717) is 22.4 Å². The number of amides is 3. The predicted molar refractivity (Wildman–Crippen MR) is 130 cm³/mol. The van der Waals surface area contributed by atoms with E-state index in [9.17, 15) is 14.4 Å². The average molecular weight is 441 g/mol. The fourth-order valence-corrected chi connectivity index (χ4v) is 3.77. The van der Waals surface area contributed by atoms with Gasteiger partial charge in [-0.25, -0.2) is 4.79 Å². The first kappa shape index (κ1) is 22.0. The molecule has 0 fully saturated rings. The van der Waals surface area contributed by atoms with E-state index in [1.165, 1.54) is 0 Å². The van der Waals surface area contributed by atoms with Crippen LogP contribution in [0.2, 0.25) is 0 Å². The Hall–Kier alpha value is -4.26. The van der Waals surface area contributed by atoms with Crippen molar-refractivity contribution in [1.82, 2.24) is 14.9 Å². The minimum absolute atomic E-state index is 0.146. The second-order valence-electron chi connectivity index (χ2n) is 8.11. The molecule has 0 radical (unpaired) electrons. The third-order valence-corrected chi connectivity index (χ3v) is 5.54. The number of fused-ring (bicyclic) bond motifs is 1. The van der Waals surface area contributed by atoms with Gasteiger partial charge in [-0.2, -0.15) is 0 Å². The molecule has 3 amide bonds. The van der Waals surface area contributed by atoms with E-state index < -0.39 is 11.9 Å². The molecule has 0 unspecified atom stereocenters. The SMILES string of the molecule is Cc1cccc(C(=O)NC(=O)Nc2ccc(C)c(-c3cc4cnc(C)cc4n(C)c3=O)c2)c1. The van der Waals surface area contributed by atoms with Crippen molar-refractivity contribution in [1.29, 1.82) is 0 Å². The van der Waals surface area contributed by atoms with Crippen LogP contribution in [0, 0.1) is 20.8 Å². The third-order valence-electron chi connectivity index (χ3n) is 5.54. The first-order valence-electron chi connectivity index (χ1n) is 10.5. The second kappa shape index (κ2) is 8.70. The highest BCUT2D eigenvalue weighted by Gasteiger charge is 2.14. The molecule has 2 aromatic carbocycles. The topological polar surface area (TPSA) is 93.1 Å². The molecule has 0 aliphatic rings. The van der Waals surface area contributed by atoms with Gasteiger partial charge >= 0.3 is 6.03 Å². The summed E-state index contributed by atoms with van der Waals surface area (Å²) >= 11 is 0. The van der Waals surface area contributed by atoms with E-state index >= 15 is 0 Å². The lowest BCUT2D eigenvalue weighted by Crippen LogP contribution is -2.34. The number of rotatable bonds is 3. The van der Waals surface area contributed by atoms with Crippen LogP contribution in [0.4, 0.5) is 10.5 Å². The molecule has 4 rings (SSSR count). The zero-order valence-electron chi connectivity index (χ0n) is 18.9.